The average molecular weight is 164 g/mol. The molecule has 0 atom stereocenters. The zero-order valence-corrected chi connectivity index (χ0v) is 7.47. The summed E-state index contributed by atoms with van der Waals surface area (Å²) >= 11 is 0. The number of halogens is 1. The van der Waals surface area contributed by atoms with Gasteiger partial charge in [0.05, 0.1) is 0 Å². The highest BCUT2D eigenvalue weighted by Crippen LogP contribution is 2.14. The van der Waals surface area contributed by atoms with Crippen LogP contribution in [0, 0.1) is 5.82 Å². The first-order valence-electron chi connectivity index (χ1n) is 4.16. The van der Waals surface area contributed by atoms with E-state index < -0.39 is 0 Å². The van der Waals surface area contributed by atoms with Gasteiger partial charge < -0.3 is 0 Å². The van der Waals surface area contributed by atoms with Gasteiger partial charge in [-0.25, -0.2) is 4.39 Å². The molecule has 12 heavy (non-hydrogen) atoms. The zero-order chi connectivity index (χ0) is 8.97. The number of hydrogen-bond acceptors (Lipinski definition) is 0. The Labute approximate surface area is 72.7 Å². The van der Waals surface area contributed by atoms with Gasteiger partial charge in [-0.1, -0.05) is 25.1 Å². The third-order valence-electron chi connectivity index (χ3n) is 1.79. The van der Waals surface area contributed by atoms with E-state index in [9.17, 15) is 4.39 Å². The van der Waals surface area contributed by atoms with Crippen LogP contribution >= 0.6 is 0 Å². The van der Waals surface area contributed by atoms with Crippen LogP contribution in [-0.2, 0) is 0 Å². The van der Waals surface area contributed by atoms with Gasteiger partial charge in [-0.2, -0.15) is 0 Å². The van der Waals surface area contributed by atoms with Gasteiger partial charge in [0.15, 0.2) is 0 Å². The Kier molecular flexibility index (Phi) is 3.03. The lowest BCUT2D eigenvalue weighted by molar-refractivity contribution is 0.627. The molecule has 0 fully saturated rings. The van der Waals surface area contributed by atoms with Crippen LogP contribution in [0.2, 0.25) is 0 Å². The normalized spacial score (nSPS) is 11.8. The fraction of sp³-hybridized carbons (Fsp3) is 0.273. The lowest BCUT2D eigenvalue weighted by atomic mass is 10.1. The van der Waals surface area contributed by atoms with Crippen LogP contribution in [0.5, 0.6) is 0 Å². The maximum Gasteiger partial charge on any atom is 0.123 e. The predicted molar refractivity (Wildman–Crippen MR) is 50.3 cm³/mol. The van der Waals surface area contributed by atoms with Crippen molar-refractivity contribution < 1.29 is 4.39 Å². The first kappa shape index (κ1) is 8.98. The largest absolute Gasteiger partial charge is 0.207 e. The molecule has 0 saturated heterocycles. The lowest BCUT2D eigenvalue weighted by Crippen LogP contribution is -1.80. The molecule has 0 radical (unpaired) electrons. The molecule has 0 aliphatic rings. The first-order valence-corrected chi connectivity index (χ1v) is 4.16. The van der Waals surface area contributed by atoms with E-state index in [0.29, 0.717) is 0 Å². The van der Waals surface area contributed by atoms with E-state index in [1.165, 1.54) is 6.07 Å². The molecule has 0 nitrogen and oxygen atoms in total. The Morgan fingerprint density at radius 3 is 2.83 bits per heavy atom. The molecular formula is C11H13F. The molecule has 0 aliphatic carbocycles. The van der Waals surface area contributed by atoms with E-state index in [-0.39, 0.29) is 5.82 Å². The topological polar surface area (TPSA) is 0 Å². The minimum absolute atomic E-state index is 0.170. The molecule has 1 aromatic carbocycles. The predicted octanol–water partition coefficient (Wildman–Crippen LogP) is 3.64. The Balaban J connectivity index is 2.95. The van der Waals surface area contributed by atoms with Gasteiger partial charge in [0.1, 0.15) is 5.82 Å². The SMILES string of the molecule is CCC=C(C)c1cccc(F)c1. The van der Waals surface area contributed by atoms with Crippen molar-refractivity contribution in [2.24, 2.45) is 0 Å². The fourth-order valence-corrected chi connectivity index (χ4v) is 1.16. The molecule has 0 aromatic heterocycles. The molecule has 1 heteroatoms. The molecule has 0 bridgehead atoms. The molecule has 0 N–H and O–H groups in total. The molecule has 0 aliphatic heterocycles. The summed E-state index contributed by atoms with van der Waals surface area (Å²) < 4.78 is 12.7. The Hall–Kier alpha value is -1.11. The first-order chi connectivity index (χ1) is 5.74. The van der Waals surface area contributed by atoms with Crippen molar-refractivity contribution in [3.05, 3.63) is 41.7 Å². The molecule has 0 spiro atoms. The van der Waals surface area contributed by atoms with Gasteiger partial charge >= 0.3 is 0 Å². The average Bonchev–Trinajstić information content (AvgIpc) is 2.05. The van der Waals surface area contributed by atoms with Crippen LogP contribution in [0.15, 0.2) is 30.3 Å². The molecule has 0 heterocycles. The van der Waals surface area contributed by atoms with Gasteiger partial charge in [0.2, 0.25) is 0 Å². The van der Waals surface area contributed by atoms with Crippen molar-refractivity contribution in [2.75, 3.05) is 0 Å². The van der Waals surface area contributed by atoms with E-state index in [2.05, 4.69) is 13.0 Å². The number of rotatable bonds is 2. The highest BCUT2D eigenvalue weighted by molar-refractivity contribution is 5.63. The minimum atomic E-state index is -0.170. The van der Waals surface area contributed by atoms with Crippen molar-refractivity contribution in [1.29, 1.82) is 0 Å². The van der Waals surface area contributed by atoms with Gasteiger partial charge in [0.25, 0.3) is 0 Å². The molecular weight excluding hydrogens is 151 g/mol. The maximum absolute atomic E-state index is 12.7. The monoisotopic (exact) mass is 164 g/mol. The third kappa shape index (κ3) is 2.19. The van der Waals surface area contributed by atoms with Crippen molar-refractivity contribution in [3.8, 4) is 0 Å². The molecule has 0 unspecified atom stereocenters. The highest BCUT2D eigenvalue weighted by Gasteiger charge is 1.95. The van der Waals surface area contributed by atoms with Crippen molar-refractivity contribution >= 4 is 5.57 Å². The van der Waals surface area contributed by atoms with Gasteiger partial charge in [-0.15, -0.1) is 0 Å². The molecule has 0 saturated carbocycles. The Morgan fingerprint density at radius 1 is 1.50 bits per heavy atom. The van der Waals surface area contributed by atoms with E-state index in [1.54, 1.807) is 12.1 Å². The second kappa shape index (κ2) is 4.05. The van der Waals surface area contributed by atoms with Crippen molar-refractivity contribution in [2.45, 2.75) is 20.3 Å². The summed E-state index contributed by atoms with van der Waals surface area (Å²) in [5.74, 6) is -0.170. The summed E-state index contributed by atoms with van der Waals surface area (Å²) in [5.41, 5.74) is 2.11. The Bertz CT molecular complexity index is 287. The summed E-state index contributed by atoms with van der Waals surface area (Å²) in [4.78, 5) is 0. The number of benzene rings is 1. The van der Waals surface area contributed by atoms with Crippen LogP contribution in [0.4, 0.5) is 4.39 Å². The van der Waals surface area contributed by atoms with Crippen molar-refractivity contribution in [3.63, 3.8) is 0 Å². The van der Waals surface area contributed by atoms with E-state index in [1.807, 2.05) is 13.0 Å². The quantitative estimate of drug-likeness (QED) is 0.626. The summed E-state index contributed by atoms with van der Waals surface area (Å²) in [7, 11) is 0. The second-order valence-electron chi connectivity index (χ2n) is 2.81. The van der Waals surface area contributed by atoms with E-state index in [0.717, 1.165) is 17.6 Å². The number of allylic oxidation sites excluding steroid dienone is 2. The molecule has 1 aromatic rings. The van der Waals surface area contributed by atoms with Gasteiger partial charge in [-0.05, 0) is 36.6 Å². The van der Waals surface area contributed by atoms with Crippen LogP contribution in [0.25, 0.3) is 5.57 Å². The Morgan fingerprint density at radius 2 is 2.25 bits per heavy atom. The van der Waals surface area contributed by atoms with Crippen LogP contribution in [-0.4, -0.2) is 0 Å². The lowest BCUT2D eigenvalue weighted by Gasteiger charge is -2.00. The van der Waals surface area contributed by atoms with Crippen LogP contribution in [0.1, 0.15) is 25.8 Å². The van der Waals surface area contributed by atoms with Crippen molar-refractivity contribution in [1.82, 2.24) is 0 Å². The van der Waals surface area contributed by atoms with Crippen LogP contribution in [0.3, 0.4) is 0 Å². The standard InChI is InChI=1S/C11H13F/c1-3-5-9(2)10-6-4-7-11(12)8-10/h4-8H,3H2,1-2H3. The van der Waals surface area contributed by atoms with Gasteiger partial charge in [0, 0.05) is 0 Å². The second-order valence-corrected chi connectivity index (χ2v) is 2.81. The molecule has 1 rings (SSSR count). The fourth-order valence-electron chi connectivity index (χ4n) is 1.16. The van der Waals surface area contributed by atoms with Crippen LogP contribution < -0.4 is 0 Å². The van der Waals surface area contributed by atoms with E-state index in [4.69, 9.17) is 0 Å². The van der Waals surface area contributed by atoms with E-state index >= 15 is 0 Å². The maximum atomic E-state index is 12.7. The summed E-state index contributed by atoms with van der Waals surface area (Å²) in [6, 6.07) is 6.67. The zero-order valence-electron chi connectivity index (χ0n) is 7.47. The summed E-state index contributed by atoms with van der Waals surface area (Å²) in [5, 5.41) is 0. The summed E-state index contributed by atoms with van der Waals surface area (Å²) in [6.07, 6.45) is 3.08. The smallest absolute Gasteiger partial charge is 0.123 e. The number of hydrogen-bond donors (Lipinski definition) is 0. The summed E-state index contributed by atoms with van der Waals surface area (Å²) in [6.45, 7) is 4.07. The molecule has 0 amide bonds. The highest BCUT2D eigenvalue weighted by atomic mass is 19.1. The minimum Gasteiger partial charge on any atom is -0.207 e. The third-order valence-corrected chi connectivity index (χ3v) is 1.79. The van der Waals surface area contributed by atoms with Gasteiger partial charge in [-0.3, -0.25) is 0 Å². The molecule has 64 valence electrons.